The van der Waals surface area contributed by atoms with E-state index in [1.54, 1.807) is 13.0 Å². The van der Waals surface area contributed by atoms with Crippen LogP contribution < -0.4 is 4.74 Å². The first kappa shape index (κ1) is 15.8. The van der Waals surface area contributed by atoms with Crippen LogP contribution in [0.1, 0.15) is 23.0 Å². The number of hydrogen-bond acceptors (Lipinski definition) is 4. The Hall–Kier alpha value is -3.08. The first-order valence-electron chi connectivity index (χ1n) is 7.76. The van der Waals surface area contributed by atoms with Crippen LogP contribution in [0.3, 0.4) is 0 Å². The highest BCUT2D eigenvalue weighted by atomic mass is 16.5. The standard InChI is InChI=1S/C19H18N2O3/c1-2-23-19(22)18-12-17(20-21-18)15-9-6-10-16(11-15)24-13-14-7-4-3-5-8-14/h3-12H,2,13H2,1H3,(H,20,21). The number of H-pyrrole nitrogens is 1. The van der Waals surface area contributed by atoms with Crippen molar-refractivity contribution in [3.8, 4) is 17.0 Å². The summed E-state index contributed by atoms with van der Waals surface area (Å²) < 4.78 is 10.8. The summed E-state index contributed by atoms with van der Waals surface area (Å²) in [5, 5.41) is 6.87. The lowest BCUT2D eigenvalue weighted by Crippen LogP contribution is -2.04. The summed E-state index contributed by atoms with van der Waals surface area (Å²) in [6.07, 6.45) is 0. The fourth-order valence-corrected chi connectivity index (χ4v) is 2.27. The summed E-state index contributed by atoms with van der Waals surface area (Å²) in [6.45, 7) is 2.59. The zero-order valence-corrected chi connectivity index (χ0v) is 13.4. The maximum Gasteiger partial charge on any atom is 0.356 e. The molecule has 0 atom stereocenters. The minimum atomic E-state index is -0.410. The Morgan fingerprint density at radius 1 is 1.08 bits per heavy atom. The van der Waals surface area contributed by atoms with E-state index in [-0.39, 0.29) is 0 Å². The number of carbonyl (C=O) groups excluding carboxylic acids is 1. The Bertz CT molecular complexity index is 812. The highest BCUT2D eigenvalue weighted by molar-refractivity contribution is 5.88. The van der Waals surface area contributed by atoms with Crippen molar-refractivity contribution in [2.24, 2.45) is 0 Å². The molecule has 0 aliphatic carbocycles. The minimum Gasteiger partial charge on any atom is -0.489 e. The van der Waals surface area contributed by atoms with E-state index in [1.165, 1.54) is 0 Å². The van der Waals surface area contributed by atoms with Gasteiger partial charge < -0.3 is 9.47 Å². The summed E-state index contributed by atoms with van der Waals surface area (Å²) in [5.41, 5.74) is 2.98. The second-order valence-corrected chi connectivity index (χ2v) is 5.19. The number of nitrogens with one attached hydrogen (secondary N) is 1. The van der Waals surface area contributed by atoms with Gasteiger partial charge in [0.05, 0.1) is 12.3 Å². The van der Waals surface area contributed by atoms with Gasteiger partial charge in [0, 0.05) is 5.56 Å². The van der Waals surface area contributed by atoms with Gasteiger partial charge in [0.15, 0.2) is 0 Å². The van der Waals surface area contributed by atoms with Crippen molar-refractivity contribution in [2.75, 3.05) is 6.61 Å². The lowest BCUT2D eigenvalue weighted by atomic mass is 10.1. The van der Waals surface area contributed by atoms with Gasteiger partial charge in [-0.2, -0.15) is 5.10 Å². The van der Waals surface area contributed by atoms with Gasteiger partial charge in [-0.1, -0.05) is 42.5 Å². The number of esters is 1. The topological polar surface area (TPSA) is 64.2 Å². The van der Waals surface area contributed by atoms with Gasteiger partial charge in [0.1, 0.15) is 18.1 Å². The van der Waals surface area contributed by atoms with E-state index in [1.807, 2.05) is 54.6 Å². The van der Waals surface area contributed by atoms with Crippen LogP contribution in [0.15, 0.2) is 60.7 Å². The number of aromatic nitrogens is 2. The van der Waals surface area contributed by atoms with Crippen LogP contribution >= 0.6 is 0 Å². The molecule has 1 aromatic heterocycles. The molecule has 2 aromatic carbocycles. The maximum atomic E-state index is 11.7. The van der Waals surface area contributed by atoms with E-state index in [2.05, 4.69) is 10.2 Å². The normalized spacial score (nSPS) is 10.4. The molecule has 0 spiro atoms. The monoisotopic (exact) mass is 322 g/mol. The predicted octanol–water partition coefficient (Wildman–Crippen LogP) is 3.83. The number of ether oxygens (including phenoxy) is 2. The Kier molecular flexibility index (Phi) is 4.91. The molecule has 0 radical (unpaired) electrons. The summed E-state index contributed by atoms with van der Waals surface area (Å²) in [7, 11) is 0. The van der Waals surface area contributed by atoms with Crippen LogP contribution in [0.5, 0.6) is 5.75 Å². The molecule has 122 valence electrons. The van der Waals surface area contributed by atoms with Crippen LogP contribution in [-0.4, -0.2) is 22.8 Å². The third-order valence-electron chi connectivity index (χ3n) is 3.45. The Morgan fingerprint density at radius 2 is 1.92 bits per heavy atom. The largest absolute Gasteiger partial charge is 0.489 e. The quantitative estimate of drug-likeness (QED) is 0.701. The Labute approximate surface area is 140 Å². The number of hydrogen-bond donors (Lipinski definition) is 1. The molecule has 1 heterocycles. The number of nitrogens with zero attached hydrogens (tertiary/aromatic N) is 1. The van der Waals surface area contributed by atoms with Crippen LogP contribution in [0, 0.1) is 0 Å². The lowest BCUT2D eigenvalue weighted by Gasteiger charge is -2.07. The average Bonchev–Trinajstić information content (AvgIpc) is 3.12. The molecule has 5 nitrogen and oxygen atoms in total. The van der Waals surface area contributed by atoms with Crippen molar-refractivity contribution in [3.63, 3.8) is 0 Å². The van der Waals surface area contributed by atoms with Crippen LogP contribution in [0.25, 0.3) is 11.3 Å². The first-order valence-corrected chi connectivity index (χ1v) is 7.76. The van der Waals surface area contributed by atoms with Gasteiger partial charge >= 0.3 is 5.97 Å². The first-order chi connectivity index (χ1) is 11.8. The van der Waals surface area contributed by atoms with Crippen molar-refractivity contribution in [3.05, 3.63) is 71.9 Å². The number of aromatic amines is 1. The van der Waals surface area contributed by atoms with E-state index < -0.39 is 5.97 Å². The second-order valence-electron chi connectivity index (χ2n) is 5.19. The third-order valence-corrected chi connectivity index (χ3v) is 3.45. The van der Waals surface area contributed by atoms with Gasteiger partial charge in [-0.05, 0) is 30.7 Å². The number of benzene rings is 2. The molecule has 0 bridgehead atoms. The average molecular weight is 322 g/mol. The van der Waals surface area contributed by atoms with E-state index in [0.717, 1.165) is 16.9 Å². The van der Waals surface area contributed by atoms with Crippen molar-refractivity contribution in [2.45, 2.75) is 13.5 Å². The van der Waals surface area contributed by atoms with Crippen molar-refractivity contribution < 1.29 is 14.3 Å². The molecule has 5 heteroatoms. The van der Waals surface area contributed by atoms with Crippen LogP contribution in [0.2, 0.25) is 0 Å². The van der Waals surface area contributed by atoms with Gasteiger partial charge in [0.2, 0.25) is 0 Å². The van der Waals surface area contributed by atoms with E-state index in [9.17, 15) is 4.79 Å². The molecule has 24 heavy (non-hydrogen) atoms. The maximum absolute atomic E-state index is 11.7. The number of rotatable bonds is 6. The van der Waals surface area contributed by atoms with E-state index in [0.29, 0.717) is 24.6 Å². The zero-order valence-electron chi connectivity index (χ0n) is 13.4. The molecular formula is C19H18N2O3. The predicted molar refractivity (Wildman–Crippen MR) is 90.8 cm³/mol. The lowest BCUT2D eigenvalue weighted by molar-refractivity contribution is 0.0519. The van der Waals surface area contributed by atoms with Gasteiger partial charge in [-0.25, -0.2) is 4.79 Å². The summed E-state index contributed by atoms with van der Waals surface area (Å²) in [4.78, 5) is 11.7. The highest BCUT2D eigenvalue weighted by Gasteiger charge is 2.12. The minimum absolute atomic E-state index is 0.329. The highest BCUT2D eigenvalue weighted by Crippen LogP contribution is 2.23. The van der Waals surface area contributed by atoms with Crippen LogP contribution in [-0.2, 0) is 11.3 Å². The number of carbonyl (C=O) groups is 1. The van der Waals surface area contributed by atoms with Crippen molar-refractivity contribution >= 4 is 5.97 Å². The fourth-order valence-electron chi connectivity index (χ4n) is 2.27. The third kappa shape index (κ3) is 3.81. The van der Waals surface area contributed by atoms with E-state index >= 15 is 0 Å². The molecule has 0 aliphatic rings. The van der Waals surface area contributed by atoms with Crippen molar-refractivity contribution in [1.82, 2.24) is 10.2 Å². The molecule has 0 saturated heterocycles. The molecule has 0 unspecified atom stereocenters. The smallest absolute Gasteiger partial charge is 0.356 e. The molecular weight excluding hydrogens is 304 g/mol. The molecule has 0 amide bonds. The summed E-state index contributed by atoms with van der Waals surface area (Å²) in [6, 6.07) is 19.3. The molecule has 0 aliphatic heterocycles. The van der Waals surface area contributed by atoms with Crippen LogP contribution in [0.4, 0.5) is 0 Å². The molecule has 0 fully saturated rings. The molecule has 3 rings (SSSR count). The Balaban J connectivity index is 1.72. The van der Waals surface area contributed by atoms with Gasteiger partial charge in [-0.15, -0.1) is 0 Å². The second kappa shape index (κ2) is 7.46. The van der Waals surface area contributed by atoms with Gasteiger partial charge in [-0.3, -0.25) is 5.10 Å². The SMILES string of the molecule is CCOC(=O)c1cc(-c2cccc(OCc3ccccc3)c2)n[nH]1. The molecule has 1 N–H and O–H groups in total. The zero-order chi connectivity index (χ0) is 16.8. The van der Waals surface area contributed by atoms with E-state index in [4.69, 9.17) is 9.47 Å². The Morgan fingerprint density at radius 3 is 2.71 bits per heavy atom. The summed E-state index contributed by atoms with van der Waals surface area (Å²) >= 11 is 0. The fraction of sp³-hybridized carbons (Fsp3) is 0.158. The molecule has 0 saturated carbocycles. The van der Waals surface area contributed by atoms with Crippen molar-refractivity contribution in [1.29, 1.82) is 0 Å². The molecule has 3 aromatic rings. The van der Waals surface area contributed by atoms with Gasteiger partial charge in [0.25, 0.3) is 0 Å². The summed E-state index contributed by atoms with van der Waals surface area (Å²) in [5.74, 6) is 0.338.